The Morgan fingerprint density at radius 2 is 2.03 bits per heavy atom. The van der Waals surface area contributed by atoms with Crippen molar-refractivity contribution in [3.05, 3.63) is 57.5 Å². The molecule has 1 fully saturated rings. The molecule has 2 aliphatic heterocycles. The van der Waals surface area contributed by atoms with E-state index in [2.05, 4.69) is 20.5 Å². The summed E-state index contributed by atoms with van der Waals surface area (Å²) >= 11 is 0. The van der Waals surface area contributed by atoms with Crippen LogP contribution in [0.4, 0.5) is 0 Å². The molecule has 1 saturated heterocycles. The second kappa shape index (κ2) is 8.58. The zero-order valence-corrected chi connectivity index (χ0v) is 16.7. The molecule has 0 radical (unpaired) electrons. The van der Waals surface area contributed by atoms with Crippen molar-refractivity contribution in [1.29, 1.82) is 0 Å². The van der Waals surface area contributed by atoms with Gasteiger partial charge in [0.1, 0.15) is 5.56 Å². The first-order valence-electron chi connectivity index (χ1n) is 9.86. The van der Waals surface area contributed by atoms with Crippen molar-refractivity contribution < 1.29 is 19.1 Å². The molecule has 1 aromatic heterocycles. The maximum Gasteiger partial charge on any atom is 0.261 e. The molecule has 1 aromatic carbocycles. The Bertz CT molecular complexity index is 1020. The number of amides is 2. The number of benzene rings is 1. The molecule has 9 heteroatoms. The minimum atomic E-state index is -0.443. The molecule has 0 aliphatic carbocycles. The Balaban J connectivity index is 1.34. The normalized spacial score (nSPS) is 17.7. The van der Waals surface area contributed by atoms with Crippen LogP contribution in [0.2, 0.25) is 0 Å². The van der Waals surface area contributed by atoms with Gasteiger partial charge < -0.3 is 25.1 Å². The summed E-state index contributed by atoms with van der Waals surface area (Å²) < 4.78 is 10.6. The number of H-pyrrole nitrogens is 1. The van der Waals surface area contributed by atoms with E-state index in [-0.39, 0.29) is 30.7 Å². The number of carbonyl (C=O) groups excluding carboxylic acids is 2. The molecule has 4 rings (SSSR count). The van der Waals surface area contributed by atoms with Crippen LogP contribution in [-0.4, -0.2) is 48.6 Å². The number of hydrogen-bond donors (Lipinski definition) is 3. The molecule has 2 amide bonds. The molecular formula is C21H24N4O5. The minimum absolute atomic E-state index is 0.0250. The number of nitrogens with zero attached hydrogens (tertiary/aromatic N) is 1. The number of rotatable bonds is 6. The van der Waals surface area contributed by atoms with Crippen molar-refractivity contribution in [3.63, 3.8) is 0 Å². The number of ether oxygens (including phenoxy) is 2. The Hall–Kier alpha value is -3.33. The number of nitrogens with one attached hydrogen (secondary N) is 3. The van der Waals surface area contributed by atoms with Crippen molar-refractivity contribution in [3.8, 4) is 11.5 Å². The van der Waals surface area contributed by atoms with E-state index in [0.29, 0.717) is 30.3 Å². The summed E-state index contributed by atoms with van der Waals surface area (Å²) in [7, 11) is 1.64. The van der Waals surface area contributed by atoms with Crippen LogP contribution in [0.1, 0.15) is 28.0 Å². The van der Waals surface area contributed by atoms with Gasteiger partial charge in [0, 0.05) is 32.4 Å². The number of aromatic nitrogens is 1. The summed E-state index contributed by atoms with van der Waals surface area (Å²) in [5, 5.41) is 5.43. The van der Waals surface area contributed by atoms with Crippen LogP contribution in [0.5, 0.6) is 11.5 Å². The molecule has 2 aliphatic rings. The average Bonchev–Trinajstić information content (AvgIpc) is 3.40. The van der Waals surface area contributed by atoms with Gasteiger partial charge in [-0.3, -0.25) is 19.3 Å². The largest absolute Gasteiger partial charge is 0.454 e. The highest BCUT2D eigenvalue weighted by molar-refractivity contribution is 5.93. The molecule has 158 valence electrons. The van der Waals surface area contributed by atoms with Gasteiger partial charge in [-0.1, -0.05) is 6.07 Å². The second-order valence-electron chi connectivity index (χ2n) is 7.43. The van der Waals surface area contributed by atoms with Crippen LogP contribution >= 0.6 is 0 Å². The summed E-state index contributed by atoms with van der Waals surface area (Å²) in [6.07, 6.45) is 0.796. The molecule has 0 unspecified atom stereocenters. The fourth-order valence-electron chi connectivity index (χ4n) is 3.75. The van der Waals surface area contributed by atoms with Gasteiger partial charge in [-0.2, -0.15) is 0 Å². The van der Waals surface area contributed by atoms with E-state index in [1.807, 2.05) is 6.07 Å². The van der Waals surface area contributed by atoms with Crippen LogP contribution in [0.25, 0.3) is 0 Å². The van der Waals surface area contributed by atoms with E-state index in [1.54, 1.807) is 25.2 Å². The van der Waals surface area contributed by atoms with E-state index in [1.165, 1.54) is 6.07 Å². The van der Waals surface area contributed by atoms with Crippen LogP contribution in [0.3, 0.4) is 0 Å². The Morgan fingerprint density at radius 3 is 2.83 bits per heavy atom. The van der Waals surface area contributed by atoms with Crippen LogP contribution in [0.15, 0.2) is 35.1 Å². The van der Waals surface area contributed by atoms with E-state index in [9.17, 15) is 14.4 Å². The monoisotopic (exact) mass is 412 g/mol. The Labute approximate surface area is 173 Å². The summed E-state index contributed by atoms with van der Waals surface area (Å²) in [6, 6.07) is 8.71. The van der Waals surface area contributed by atoms with E-state index >= 15 is 0 Å². The molecule has 2 aromatic rings. The fraction of sp³-hybridized carbons (Fsp3) is 0.381. The lowest BCUT2D eigenvalue weighted by atomic mass is 10.1. The third-order valence-corrected chi connectivity index (χ3v) is 5.39. The smallest absolute Gasteiger partial charge is 0.261 e. The Kier molecular flexibility index (Phi) is 5.71. The predicted molar refractivity (Wildman–Crippen MR) is 108 cm³/mol. The van der Waals surface area contributed by atoms with Crippen molar-refractivity contribution in [2.45, 2.75) is 19.5 Å². The van der Waals surface area contributed by atoms with Gasteiger partial charge in [-0.25, -0.2) is 0 Å². The molecule has 3 heterocycles. The highest BCUT2D eigenvalue weighted by Gasteiger charge is 2.27. The minimum Gasteiger partial charge on any atom is -0.454 e. The summed E-state index contributed by atoms with van der Waals surface area (Å²) in [6.45, 7) is 2.43. The molecule has 9 nitrogen and oxygen atoms in total. The summed E-state index contributed by atoms with van der Waals surface area (Å²) in [5.74, 6) is 0.894. The molecule has 0 spiro atoms. The van der Waals surface area contributed by atoms with Gasteiger partial charge in [0.2, 0.25) is 12.7 Å². The van der Waals surface area contributed by atoms with Crippen molar-refractivity contribution in [1.82, 2.24) is 20.5 Å². The van der Waals surface area contributed by atoms with E-state index in [0.717, 1.165) is 18.5 Å². The standard InChI is InChI=1S/C21H24N4O5/c1-22-19(26)14-6-7-25(10-14)11-15-3-4-16(21(28)24-15)20(27)23-9-13-2-5-17-18(8-13)30-12-29-17/h2-5,8,14H,6-7,9-12H2,1H3,(H,22,26)(H,23,27)(H,24,28)/t14-/m0/s1. The van der Waals surface area contributed by atoms with Crippen molar-refractivity contribution in [2.24, 2.45) is 5.92 Å². The third kappa shape index (κ3) is 4.30. The lowest BCUT2D eigenvalue weighted by Gasteiger charge is -2.15. The fourth-order valence-corrected chi connectivity index (χ4v) is 3.75. The second-order valence-corrected chi connectivity index (χ2v) is 7.43. The van der Waals surface area contributed by atoms with Crippen molar-refractivity contribution in [2.75, 3.05) is 26.9 Å². The number of pyridine rings is 1. The summed E-state index contributed by atoms with van der Waals surface area (Å²) in [5.41, 5.74) is 1.19. The molecular weight excluding hydrogens is 388 g/mol. The Morgan fingerprint density at radius 1 is 1.20 bits per heavy atom. The average molecular weight is 412 g/mol. The van der Waals surface area contributed by atoms with Gasteiger partial charge in [0.15, 0.2) is 11.5 Å². The topological polar surface area (TPSA) is 113 Å². The van der Waals surface area contributed by atoms with Gasteiger partial charge >= 0.3 is 0 Å². The first-order chi connectivity index (χ1) is 14.5. The SMILES string of the molecule is CNC(=O)[C@H]1CCN(Cc2ccc(C(=O)NCc3ccc4c(c3)OCO4)c(=O)[nH]2)C1. The van der Waals surface area contributed by atoms with Gasteiger partial charge in [0.25, 0.3) is 11.5 Å². The number of fused-ring (bicyclic) bond motifs is 1. The van der Waals surface area contributed by atoms with Gasteiger partial charge in [-0.05, 0) is 42.8 Å². The first-order valence-corrected chi connectivity index (χ1v) is 9.86. The maximum absolute atomic E-state index is 12.4. The van der Waals surface area contributed by atoms with Crippen LogP contribution < -0.4 is 25.7 Å². The highest BCUT2D eigenvalue weighted by Crippen LogP contribution is 2.32. The summed E-state index contributed by atoms with van der Waals surface area (Å²) in [4.78, 5) is 41.5. The number of hydrogen-bond acceptors (Lipinski definition) is 6. The quantitative estimate of drug-likeness (QED) is 0.641. The number of aromatic amines is 1. The number of carbonyl (C=O) groups is 2. The maximum atomic E-state index is 12.4. The van der Waals surface area contributed by atoms with E-state index < -0.39 is 11.5 Å². The molecule has 30 heavy (non-hydrogen) atoms. The predicted octanol–water partition coefficient (Wildman–Crippen LogP) is 0.601. The van der Waals surface area contributed by atoms with Crippen LogP contribution in [-0.2, 0) is 17.9 Å². The molecule has 0 bridgehead atoms. The number of likely N-dealkylation sites (tertiary alicyclic amines) is 1. The van der Waals surface area contributed by atoms with Crippen molar-refractivity contribution >= 4 is 11.8 Å². The molecule has 0 saturated carbocycles. The molecule has 1 atom stereocenters. The van der Waals surface area contributed by atoms with Crippen LogP contribution in [0, 0.1) is 5.92 Å². The van der Waals surface area contributed by atoms with Gasteiger partial charge in [-0.15, -0.1) is 0 Å². The molecule has 3 N–H and O–H groups in total. The zero-order chi connectivity index (χ0) is 21.1. The van der Waals surface area contributed by atoms with Gasteiger partial charge in [0.05, 0.1) is 5.92 Å². The third-order valence-electron chi connectivity index (χ3n) is 5.39. The lowest BCUT2D eigenvalue weighted by Crippen LogP contribution is -2.31. The first kappa shape index (κ1) is 20.0. The highest BCUT2D eigenvalue weighted by atomic mass is 16.7. The lowest BCUT2D eigenvalue weighted by molar-refractivity contribution is -0.124. The zero-order valence-electron chi connectivity index (χ0n) is 16.7. The van der Waals surface area contributed by atoms with E-state index in [4.69, 9.17) is 9.47 Å².